The highest BCUT2D eigenvalue weighted by Crippen LogP contribution is 2.19. The van der Waals surface area contributed by atoms with Crippen molar-refractivity contribution in [3.05, 3.63) is 0 Å². The molecule has 0 aliphatic heterocycles. The van der Waals surface area contributed by atoms with Crippen molar-refractivity contribution in [3.63, 3.8) is 0 Å². The summed E-state index contributed by atoms with van der Waals surface area (Å²) in [5.41, 5.74) is 5.46. The minimum atomic E-state index is 0.845. The van der Waals surface area contributed by atoms with Gasteiger partial charge in [-0.05, 0) is 37.6 Å². The number of nitrogens with two attached hydrogens (primary N) is 1. The van der Waals surface area contributed by atoms with Crippen LogP contribution in [0.3, 0.4) is 0 Å². The van der Waals surface area contributed by atoms with Crippen LogP contribution in [0.2, 0.25) is 0 Å². The van der Waals surface area contributed by atoms with Crippen LogP contribution in [0.25, 0.3) is 0 Å². The standard InChI is InChI=1S/C10H23N/c1-4-10(6-5-7-11)8-9(2)3/h9-10H,4-8,11H2,1-3H3. The van der Waals surface area contributed by atoms with E-state index in [1.165, 1.54) is 25.7 Å². The Balaban J connectivity index is 3.41. The fourth-order valence-electron chi connectivity index (χ4n) is 1.56. The van der Waals surface area contributed by atoms with Crippen LogP contribution in [0.15, 0.2) is 0 Å². The molecule has 0 heterocycles. The summed E-state index contributed by atoms with van der Waals surface area (Å²) >= 11 is 0. The Hall–Kier alpha value is -0.0400. The monoisotopic (exact) mass is 157 g/mol. The SMILES string of the molecule is CCC(CCCN)CC(C)C. The molecule has 1 atom stereocenters. The van der Waals surface area contributed by atoms with E-state index in [9.17, 15) is 0 Å². The molecule has 1 nitrogen and oxygen atoms in total. The summed E-state index contributed by atoms with van der Waals surface area (Å²) in [7, 11) is 0. The molecule has 11 heavy (non-hydrogen) atoms. The lowest BCUT2D eigenvalue weighted by Crippen LogP contribution is -2.07. The van der Waals surface area contributed by atoms with Crippen LogP contribution in [0, 0.1) is 11.8 Å². The first-order valence-corrected chi connectivity index (χ1v) is 4.90. The summed E-state index contributed by atoms with van der Waals surface area (Å²) < 4.78 is 0. The number of rotatable bonds is 6. The summed E-state index contributed by atoms with van der Waals surface area (Å²) in [5, 5.41) is 0. The maximum atomic E-state index is 5.46. The van der Waals surface area contributed by atoms with Crippen LogP contribution in [0.4, 0.5) is 0 Å². The van der Waals surface area contributed by atoms with Gasteiger partial charge in [0.2, 0.25) is 0 Å². The van der Waals surface area contributed by atoms with Crippen molar-refractivity contribution >= 4 is 0 Å². The molecule has 0 rings (SSSR count). The van der Waals surface area contributed by atoms with Crippen molar-refractivity contribution < 1.29 is 0 Å². The molecule has 0 bridgehead atoms. The van der Waals surface area contributed by atoms with E-state index >= 15 is 0 Å². The van der Waals surface area contributed by atoms with Crippen molar-refractivity contribution in [3.8, 4) is 0 Å². The quantitative estimate of drug-likeness (QED) is 0.630. The molecule has 0 spiro atoms. The van der Waals surface area contributed by atoms with Gasteiger partial charge in [-0.2, -0.15) is 0 Å². The van der Waals surface area contributed by atoms with Crippen molar-refractivity contribution in [2.24, 2.45) is 17.6 Å². The summed E-state index contributed by atoms with van der Waals surface area (Å²) in [4.78, 5) is 0. The van der Waals surface area contributed by atoms with E-state index in [1.807, 2.05) is 0 Å². The third kappa shape index (κ3) is 6.36. The summed E-state index contributed by atoms with van der Waals surface area (Å²) in [6, 6.07) is 0. The van der Waals surface area contributed by atoms with Gasteiger partial charge in [0.15, 0.2) is 0 Å². The molecular weight excluding hydrogens is 134 g/mol. The zero-order valence-electron chi connectivity index (χ0n) is 8.27. The Labute approximate surface area is 71.4 Å². The lowest BCUT2D eigenvalue weighted by molar-refractivity contribution is 0.370. The third-order valence-corrected chi connectivity index (χ3v) is 2.20. The van der Waals surface area contributed by atoms with Gasteiger partial charge < -0.3 is 5.73 Å². The first-order valence-electron chi connectivity index (χ1n) is 4.90. The lowest BCUT2D eigenvalue weighted by Gasteiger charge is -2.16. The minimum Gasteiger partial charge on any atom is -0.330 e. The minimum absolute atomic E-state index is 0.845. The van der Waals surface area contributed by atoms with E-state index in [0.717, 1.165) is 18.4 Å². The van der Waals surface area contributed by atoms with Gasteiger partial charge in [-0.1, -0.05) is 27.2 Å². The first kappa shape index (κ1) is 11.0. The Kier molecular flexibility index (Phi) is 6.63. The molecule has 0 fully saturated rings. The van der Waals surface area contributed by atoms with Gasteiger partial charge in [0.05, 0.1) is 0 Å². The second-order valence-electron chi connectivity index (χ2n) is 3.83. The highest BCUT2D eigenvalue weighted by molar-refractivity contribution is 4.60. The van der Waals surface area contributed by atoms with E-state index in [2.05, 4.69) is 20.8 Å². The fraction of sp³-hybridized carbons (Fsp3) is 1.00. The zero-order chi connectivity index (χ0) is 8.69. The first-order chi connectivity index (χ1) is 5.20. The second-order valence-corrected chi connectivity index (χ2v) is 3.83. The molecular formula is C10H23N. The van der Waals surface area contributed by atoms with Gasteiger partial charge in [-0.25, -0.2) is 0 Å². The smallest absolute Gasteiger partial charge is 0.00772 e. The summed E-state index contributed by atoms with van der Waals surface area (Å²) in [6.45, 7) is 7.73. The second kappa shape index (κ2) is 6.66. The van der Waals surface area contributed by atoms with Crippen LogP contribution in [0.5, 0.6) is 0 Å². The van der Waals surface area contributed by atoms with Gasteiger partial charge in [0.1, 0.15) is 0 Å². The topological polar surface area (TPSA) is 26.0 Å². The van der Waals surface area contributed by atoms with E-state index in [-0.39, 0.29) is 0 Å². The Morgan fingerprint density at radius 1 is 1.27 bits per heavy atom. The predicted octanol–water partition coefficient (Wildman–Crippen LogP) is 2.80. The maximum absolute atomic E-state index is 5.46. The molecule has 2 N–H and O–H groups in total. The summed E-state index contributed by atoms with van der Waals surface area (Å²) in [6.07, 6.45) is 5.21. The molecule has 0 aromatic carbocycles. The fourth-order valence-corrected chi connectivity index (χ4v) is 1.56. The molecule has 0 aromatic heterocycles. The number of hydrogen-bond donors (Lipinski definition) is 1. The molecule has 0 aliphatic rings. The van der Waals surface area contributed by atoms with Crippen molar-refractivity contribution in [2.45, 2.75) is 46.5 Å². The molecule has 0 amide bonds. The Bertz CT molecular complexity index is 78.9. The molecule has 0 aromatic rings. The van der Waals surface area contributed by atoms with Crippen LogP contribution in [-0.4, -0.2) is 6.54 Å². The van der Waals surface area contributed by atoms with Crippen molar-refractivity contribution in [2.75, 3.05) is 6.54 Å². The van der Waals surface area contributed by atoms with Crippen molar-refractivity contribution in [1.82, 2.24) is 0 Å². The molecule has 68 valence electrons. The van der Waals surface area contributed by atoms with Gasteiger partial charge in [0.25, 0.3) is 0 Å². The predicted molar refractivity (Wildman–Crippen MR) is 51.5 cm³/mol. The average Bonchev–Trinajstić information content (AvgIpc) is 1.97. The normalized spacial score (nSPS) is 13.9. The molecule has 1 heteroatoms. The molecule has 0 saturated heterocycles. The van der Waals surface area contributed by atoms with E-state index in [4.69, 9.17) is 5.73 Å². The van der Waals surface area contributed by atoms with Gasteiger partial charge >= 0.3 is 0 Å². The Morgan fingerprint density at radius 2 is 1.91 bits per heavy atom. The van der Waals surface area contributed by atoms with Crippen molar-refractivity contribution in [1.29, 1.82) is 0 Å². The molecule has 1 unspecified atom stereocenters. The molecule has 0 aliphatic carbocycles. The van der Waals surface area contributed by atoms with Crippen LogP contribution in [0.1, 0.15) is 46.5 Å². The van der Waals surface area contributed by atoms with Gasteiger partial charge in [-0.15, -0.1) is 0 Å². The molecule has 0 saturated carbocycles. The average molecular weight is 157 g/mol. The van der Waals surface area contributed by atoms with E-state index in [1.54, 1.807) is 0 Å². The zero-order valence-corrected chi connectivity index (χ0v) is 8.27. The highest BCUT2D eigenvalue weighted by Gasteiger charge is 2.07. The highest BCUT2D eigenvalue weighted by atomic mass is 14.5. The van der Waals surface area contributed by atoms with Crippen LogP contribution >= 0.6 is 0 Å². The third-order valence-electron chi connectivity index (χ3n) is 2.20. The van der Waals surface area contributed by atoms with Crippen LogP contribution < -0.4 is 5.73 Å². The van der Waals surface area contributed by atoms with Gasteiger partial charge in [0, 0.05) is 0 Å². The Morgan fingerprint density at radius 3 is 2.27 bits per heavy atom. The molecule has 0 radical (unpaired) electrons. The van der Waals surface area contributed by atoms with Crippen LogP contribution in [-0.2, 0) is 0 Å². The lowest BCUT2D eigenvalue weighted by atomic mass is 9.91. The van der Waals surface area contributed by atoms with Gasteiger partial charge in [-0.3, -0.25) is 0 Å². The largest absolute Gasteiger partial charge is 0.330 e. The number of hydrogen-bond acceptors (Lipinski definition) is 1. The maximum Gasteiger partial charge on any atom is -0.00772 e. The summed E-state index contributed by atoms with van der Waals surface area (Å²) in [5.74, 6) is 1.76. The van der Waals surface area contributed by atoms with E-state index < -0.39 is 0 Å². The van der Waals surface area contributed by atoms with E-state index in [0.29, 0.717) is 0 Å².